The Morgan fingerprint density at radius 2 is 1.83 bits per heavy atom. The molecule has 5 aliphatic rings. The van der Waals surface area contributed by atoms with E-state index in [0.29, 0.717) is 11.3 Å². The van der Waals surface area contributed by atoms with Gasteiger partial charge in [-0.3, -0.25) is 30.2 Å². The highest BCUT2D eigenvalue weighted by Crippen LogP contribution is 2.43. The van der Waals surface area contributed by atoms with E-state index >= 15 is 0 Å². The summed E-state index contributed by atoms with van der Waals surface area (Å²) < 4.78 is 0. The third-order valence-corrected chi connectivity index (χ3v) is 9.10. The number of rotatable bonds is 5. The second-order valence-corrected chi connectivity index (χ2v) is 11.4. The van der Waals surface area contributed by atoms with Crippen LogP contribution in [0.1, 0.15) is 27.9 Å². The number of imide groups is 1. The zero-order valence-electron chi connectivity index (χ0n) is 22.6. The number of benzene rings is 2. The molecular formula is C28H31N9O5. The van der Waals surface area contributed by atoms with Gasteiger partial charge in [0.2, 0.25) is 5.79 Å². The number of hydrogen-bond donors (Lipinski definition) is 8. The van der Waals surface area contributed by atoms with E-state index in [1.54, 1.807) is 36.4 Å². The molecule has 2 aromatic rings. The molecule has 0 bridgehead atoms. The summed E-state index contributed by atoms with van der Waals surface area (Å²) in [5.41, 5.74) is 1.24. The van der Waals surface area contributed by atoms with Crippen LogP contribution in [-0.4, -0.2) is 99.0 Å². The van der Waals surface area contributed by atoms with Crippen molar-refractivity contribution < 1.29 is 24.6 Å². The van der Waals surface area contributed by atoms with Crippen LogP contribution >= 0.6 is 0 Å². The van der Waals surface area contributed by atoms with Crippen LogP contribution in [0.15, 0.2) is 48.5 Å². The first-order chi connectivity index (χ1) is 20.1. The first-order valence-corrected chi connectivity index (χ1v) is 13.9. The van der Waals surface area contributed by atoms with Crippen LogP contribution in [0.5, 0.6) is 0 Å². The molecule has 4 heterocycles. The van der Waals surface area contributed by atoms with E-state index in [4.69, 9.17) is 10.8 Å². The van der Waals surface area contributed by atoms with E-state index in [9.17, 15) is 24.6 Å². The molecule has 14 heteroatoms. The highest BCUT2D eigenvalue weighted by Gasteiger charge is 2.74. The largest absolute Gasteiger partial charge is 0.361 e. The Morgan fingerprint density at radius 3 is 2.62 bits per heavy atom. The number of para-hydroxylation sites is 1. The lowest BCUT2D eigenvalue weighted by Gasteiger charge is -2.51. The Balaban J connectivity index is 1.16. The fraction of sp³-hybridized carbons (Fsp3) is 0.393. The van der Waals surface area contributed by atoms with Gasteiger partial charge in [-0.15, -0.1) is 0 Å². The lowest BCUT2D eigenvalue weighted by molar-refractivity contribution is -0.232. The van der Waals surface area contributed by atoms with Crippen LogP contribution in [0.2, 0.25) is 0 Å². The number of amides is 4. The number of nitrogens with zero attached hydrogens (tertiary/aromatic N) is 3. The van der Waals surface area contributed by atoms with Crippen molar-refractivity contribution in [2.75, 3.05) is 24.5 Å². The molecule has 0 radical (unpaired) electrons. The van der Waals surface area contributed by atoms with Gasteiger partial charge in [-0.1, -0.05) is 30.3 Å². The number of nitrogens with one attached hydrogen (secondary N) is 6. The van der Waals surface area contributed by atoms with Crippen molar-refractivity contribution in [2.24, 2.45) is 0 Å². The number of aliphatic hydroxyl groups is 2. The minimum absolute atomic E-state index is 0.145. The maximum Gasteiger partial charge on any atom is 0.331 e. The number of carbonyl (C=O) groups is 3. The summed E-state index contributed by atoms with van der Waals surface area (Å²) >= 11 is 0. The van der Waals surface area contributed by atoms with Gasteiger partial charge < -0.3 is 36.4 Å². The minimum Gasteiger partial charge on any atom is -0.361 e. The zero-order chi connectivity index (χ0) is 29.4. The van der Waals surface area contributed by atoms with Crippen molar-refractivity contribution in [3.05, 3.63) is 65.2 Å². The van der Waals surface area contributed by atoms with Gasteiger partial charge in [0.1, 0.15) is 12.6 Å². The molecule has 14 nitrogen and oxygen atoms in total. The average Bonchev–Trinajstić information content (AvgIpc) is 3.71. The molecule has 1 aliphatic carbocycles. The lowest BCUT2D eigenvalue weighted by Crippen LogP contribution is -2.81. The summed E-state index contributed by atoms with van der Waals surface area (Å²) in [5.74, 6) is -3.99. The minimum atomic E-state index is -2.66. The first kappa shape index (κ1) is 26.2. The molecular weight excluding hydrogens is 542 g/mol. The standard InChI is InChI=1S/C28H31N9O5/c29-24-33-22-19(12-36-21(38)14-35(26(36)40)16-8-2-1-3-9-16)31-25(30)37-13-20(28(41,42)27(22,37)34-24)32-23(39)18-11-5-7-15-6-4-10-17(15)18/h1-3,5,7-9,11,19-20,22,41-42H,4,6,10,12-14H2,(H2,30,31)(H,32,39)(H3,29,33,34). The van der Waals surface area contributed by atoms with Crippen molar-refractivity contribution in [1.29, 1.82) is 10.8 Å². The quantitative estimate of drug-likeness (QED) is 0.161. The molecule has 7 rings (SSSR count). The Bertz CT molecular complexity index is 1530. The van der Waals surface area contributed by atoms with Crippen LogP contribution in [0.3, 0.4) is 0 Å². The summed E-state index contributed by atoms with van der Waals surface area (Å²) in [5, 5.41) is 52.0. The van der Waals surface area contributed by atoms with E-state index in [-0.39, 0.29) is 31.6 Å². The van der Waals surface area contributed by atoms with Crippen molar-refractivity contribution >= 4 is 35.5 Å². The molecule has 1 spiro atoms. The third kappa shape index (κ3) is 3.61. The number of guanidine groups is 2. The highest BCUT2D eigenvalue weighted by atomic mass is 16.5. The summed E-state index contributed by atoms with van der Waals surface area (Å²) in [6.45, 7) is -0.499. The fourth-order valence-electron chi connectivity index (χ4n) is 7.13. The Hall–Kier alpha value is -4.69. The molecule has 2 aromatic carbocycles. The fourth-order valence-corrected chi connectivity index (χ4v) is 7.13. The smallest absolute Gasteiger partial charge is 0.331 e. The number of hydrogen-bond acceptors (Lipinski definition) is 7. The van der Waals surface area contributed by atoms with E-state index in [0.717, 1.165) is 35.3 Å². The molecule has 42 heavy (non-hydrogen) atoms. The number of urea groups is 1. The summed E-state index contributed by atoms with van der Waals surface area (Å²) in [6, 6.07) is 10.7. The van der Waals surface area contributed by atoms with E-state index in [2.05, 4.69) is 21.3 Å². The SMILES string of the molecule is N=C1NC2C(CN3C(=O)CN(c4ccccc4)C3=O)NC(=N)N3CC(NC(=O)c4cccc5c4CCC5)C(O)(O)C23N1. The Labute approximate surface area is 240 Å². The Morgan fingerprint density at radius 1 is 1.05 bits per heavy atom. The normalized spacial score (nSPS) is 29.1. The predicted octanol–water partition coefficient (Wildman–Crippen LogP) is -1.16. The zero-order valence-corrected chi connectivity index (χ0v) is 22.6. The molecule has 4 saturated heterocycles. The van der Waals surface area contributed by atoms with Crippen LogP contribution < -0.4 is 26.2 Å². The number of aryl methyl sites for hydroxylation is 1. The molecule has 4 atom stereocenters. The van der Waals surface area contributed by atoms with E-state index in [1.807, 2.05) is 12.1 Å². The molecule has 4 amide bonds. The molecule has 0 aromatic heterocycles. The van der Waals surface area contributed by atoms with E-state index in [1.165, 1.54) is 9.80 Å². The van der Waals surface area contributed by atoms with Crippen LogP contribution in [0, 0.1) is 10.8 Å². The third-order valence-electron chi connectivity index (χ3n) is 9.10. The molecule has 8 N–H and O–H groups in total. The van der Waals surface area contributed by atoms with Gasteiger partial charge in [-0.25, -0.2) is 4.79 Å². The topological polar surface area (TPSA) is 197 Å². The molecule has 4 unspecified atom stereocenters. The monoisotopic (exact) mass is 573 g/mol. The number of anilines is 1. The van der Waals surface area contributed by atoms with Crippen LogP contribution in [0.25, 0.3) is 0 Å². The average molecular weight is 574 g/mol. The van der Waals surface area contributed by atoms with Gasteiger partial charge in [0, 0.05) is 17.8 Å². The van der Waals surface area contributed by atoms with Crippen molar-refractivity contribution in [2.45, 2.75) is 48.8 Å². The number of carbonyl (C=O) groups excluding carboxylic acids is 3. The highest BCUT2D eigenvalue weighted by molar-refractivity contribution is 6.12. The second-order valence-electron chi connectivity index (χ2n) is 11.4. The van der Waals surface area contributed by atoms with Gasteiger partial charge in [0.15, 0.2) is 17.6 Å². The maximum atomic E-state index is 13.4. The lowest BCUT2D eigenvalue weighted by atomic mass is 9.84. The van der Waals surface area contributed by atoms with Crippen molar-refractivity contribution in [3.8, 4) is 0 Å². The predicted molar refractivity (Wildman–Crippen MR) is 150 cm³/mol. The van der Waals surface area contributed by atoms with Crippen molar-refractivity contribution in [1.82, 2.24) is 31.1 Å². The van der Waals surface area contributed by atoms with E-state index < -0.39 is 47.4 Å². The Kier molecular flexibility index (Phi) is 5.72. The van der Waals surface area contributed by atoms with Crippen LogP contribution in [0.4, 0.5) is 10.5 Å². The number of fused-ring (bicyclic) bond motifs is 1. The molecule has 218 valence electrons. The summed E-state index contributed by atoms with van der Waals surface area (Å²) in [7, 11) is 0. The summed E-state index contributed by atoms with van der Waals surface area (Å²) in [4.78, 5) is 43.5. The maximum absolute atomic E-state index is 13.4. The van der Waals surface area contributed by atoms with Gasteiger partial charge >= 0.3 is 6.03 Å². The first-order valence-electron chi connectivity index (χ1n) is 13.9. The molecule has 0 saturated carbocycles. The van der Waals surface area contributed by atoms with Crippen LogP contribution in [-0.2, 0) is 17.6 Å². The van der Waals surface area contributed by atoms with Crippen molar-refractivity contribution in [3.63, 3.8) is 0 Å². The molecule has 4 aliphatic heterocycles. The van der Waals surface area contributed by atoms with Gasteiger partial charge in [-0.05, 0) is 48.6 Å². The summed E-state index contributed by atoms with van der Waals surface area (Å²) in [6.07, 6.45) is 2.59. The second kappa shape index (κ2) is 9.16. The van der Waals surface area contributed by atoms with Gasteiger partial charge in [-0.2, -0.15) is 0 Å². The molecule has 4 fully saturated rings. The van der Waals surface area contributed by atoms with Gasteiger partial charge in [0.05, 0.1) is 18.6 Å². The van der Waals surface area contributed by atoms with Gasteiger partial charge in [0.25, 0.3) is 11.8 Å².